The Labute approximate surface area is 143 Å². The summed E-state index contributed by atoms with van der Waals surface area (Å²) >= 11 is 1.83. The molecule has 1 saturated carbocycles. The molecule has 0 bridgehead atoms. The van der Waals surface area contributed by atoms with Crippen LogP contribution in [0.25, 0.3) is 0 Å². The molecule has 3 rings (SSSR count). The van der Waals surface area contributed by atoms with Gasteiger partial charge in [0, 0.05) is 30.4 Å². The van der Waals surface area contributed by atoms with Crippen molar-refractivity contribution in [3.8, 4) is 0 Å². The molecule has 1 aliphatic carbocycles. The molecule has 2 aliphatic rings. The van der Waals surface area contributed by atoms with Crippen molar-refractivity contribution >= 4 is 17.2 Å². The molecule has 1 aromatic heterocycles. The molecule has 0 radical (unpaired) electrons. The van der Waals surface area contributed by atoms with Crippen molar-refractivity contribution in [1.82, 2.24) is 10.2 Å². The minimum atomic E-state index is 0.158. The number of nitrogens with two attached hydrogens (primary N) is 1. The standard InChI is InChI=1S/C18H29N3OS/c19-10-15-5-1-7-17(15)18(22)20-11-14-4-2-8-21(12-14)13-16-6-3-9-23-16/h3,6,9,14-15,17H,1-2,4-5,7-8,10-13,19H2,(H,20,22)/t14?,15-,17-/m1/s1. The second-order valence-electron chi connectivity index (χ2n) is 7.10. The molecule has 128 valence electrons. The fourth-order valence-electron chi connectivity index (χ4n) is 4.12. The Morgan fingerprint density at radius 1 is 1.35 bits per heavy atom. The lowest BCUT2D eigenvalue weighted by Crippen LogP contribution is -2.42. The number of nitrogens with zero attached hydrogens (tertiary/aromatic N) is 1. The van der Waals surface area contributed by atoms with Gasteiger partial charge in [-0.15, -0.1) is 11.3 Å². The maximum atomic E-state index is 12.4. The van der Waals surface area contributed by atoms with Gasteiger partial charge in [-0.25, -0.2) is 0 Å². The number of thiophene rings is 1. The third-order valence-corrected chi connectivity index (χ3v) is 6.29. The number of carbonyl (C=O) groups is 1. The number of nitrogens with one attached hydrogen (secondary N) is 1. The van der Waals surface area contributed by atoms with Gasteiger partial charge in [-0.05, 0) is 62.1 Å². The molecule has 1 unspecified atom stereocenters. The Kier molecular flexibility index (Phi) is 6.08. The lowest BCUT2D eigenvalue weighted by atomic mass is 9.94. The molecule has 1 saturated heterocycles. The molecule has 3 N–H and O–H groups in total. The molecule has 4 nitrogen and oxygen atoms in total. The van der Waals surface area contributed by atoms with Gasteiger partial charge in [0.2, 0.25) is 5.91 Å². The summed E-state index contributed by atoms with van der Waals surface area (Å²) in [6, 6.07) is 4.33. The average Bonchev–Trinajstić information content (AvgIpc) is 3.24. The van der Waals surface area contributed by atoms with Crippen molar-refractivity contribution in [2.24, 2.45) is 23.5 Å². The largest absolute Gasteiger partial charge is 0.356 e. The molecule has 23 heavy (non-hydrogen) atoms. The third-order valence-electron chi connectivity index (χ3n) is 5.43. The van der Waals surface area contributed by atoms with Crippen molar-refractivity contribution in [1.29, 1.82) is 0 Å². The number of hydrogen-bond acceptors (Lipinski definition) is 4. The SMILES string of the molecule is NC[C@H]1CCC[C@H]1C(=O)NCC1CCCN(Cc2cccs2)C1. The van der Waals surface area contributed by atoms with E-state index in [9.17, 15) is 4.79 Å². The predicted octanol–water partition coefficient (Wildman–Crippen LogP) is 2.45. The summed E-state index contributed by atoms with van der Waals surface area (Å²) in [6.07, 6.45) is 5.75. The van der Waals surface area contributed by atoms with E-state index in [-0.39, 0.29) is 11.8 Å². The number of hydrogen-bond donors (Lipinski definition) is 2. The van der Waals surface area contributed by atoms with E-state index in [1.807, 2.05) is 11.3 Å². The van der Waals surface area contributed by atoms with E-state index in [1.54, 1.807) is 0 Å². The van der Waals surface area contributed by atoms with E-state index in [2.05, 4.69) is 27.7 Å². The Morgan fingerprint density at radius 2 is 2.26 bits per heavy atom. The van der Waals surface area contributed by atoms with Crippen LogP contribution < -0.4 is 11.1 Å². The van der Waals surface area contributed by atoms with Crippen LogP contribution in [0.2, 0.25) is 0 Å². The van der Waals surface area contributed by atoms with Crippen LogP contribution in [0.4, 0.5) is 0 Å². The maximum absolute atomic E-state index is 12.4. The van der Waals surface area contributed by atoms with E-state index in [0.29, 0.717) is 18.4 Å². The summed E-state index contributed by atoms with van der Waals surface area (Å²) in [4.78, 5) is 16.4. The zero-order chi connectivity index (χ0) is 16.1. The average molecular weight is 336 g/mol. The second kappa shape index (κ2) is 8.27. The summed E-state index contributed by atoms with van der Waals surface area (Å²) in [5.74, 6) is 1.39. The van der Waals surface area contributed by atoms with Crippen molar-refractivity contribution in [2.75, 3.05) is 26.2 Å². The Bertz CT molecular complexity index is 490. The molecule has 0 aromatic carbocycles. The highest BCUT2D eigenvalue weighted by atomic mass is 32.1. The van der Waals surface area contributed by atoms with Crippen molar-refractivity contribution in [3.05, 3.63) is 22.4 Å². The topological polar surface area (TPSA) is 58.4 Å². The van der Waals surface area contributed by atoms with Crippen LogP contribution >= 0.6 is 11.3 Å². The normalized spacial score (nSPS) is 28.8. The Morgan fingerprint density at radius 3 is 3.04 bits per heavy atom. The molecule has 2 fully saturated rings. The van der Waals surface area contributed by atoms with Gasteiger partial charge >= 0.3 is 0 Å². The van der Waals surface area contributed by atoms with Crippen molar-refractivity contribution in [2.45, 2.75) is 38.6 Å². The van der Waals surface area contributed by atoms with Gasteiger partial charge in [-0.2, -0.15) is 0 Å². The van der Waals surface area contributed by atoms with Gasteiger partial charge in [-0.3, -0.25) is 9.69 Å². The summed E-state index contributed by atoms with van der Waals surface area (Å²) in [6.45, 7) is 4.81. The maximum Gasteiger partial charge on any atom is 0.223 e. The summed E-state index contributed by atoms with van der Waals surface area (Å²) in [5.41, 5.74) is 5.80. The Balaban J connectivity index is 1.43. The first-order valence-electron chi connectivity index (χ1n) is 8.98. The summed E-state index contributed by atoms with van der Waals surface area (Å²) in [5, 5.41) is 5.36. The van der Waals surface area contributed by atoms with Crippen molar-refractivity contribution < 1.29 is 4.79 Å². The van der Waals surface area contributed by atoms with E-state index in [4.69, 9.17) is 5.73 Å². The zero-order valence-corrected chi connectivity index (χ0v) is 14.7. The minimum absolute atomic E-state index is 0.158. The van der Waals surface area contributed by atoms with Gasteiger partial charge in [0.15, 0.2) is 0 Å². The van der Waals surface area contributed by atoms with Crippen LogP contribution in [0, 0.1) is 17.8 Å². The van der Waals surface area contributed by atoms with Crippen LogP contribution in [0.3, 0.4) is 0 Å². The van der Waals surface area contributed by atoms with Crippen LogP contribution in [0.5, 0.6) is 0 Å². The van der Waals surface area contributed by atoms with Gasteiger partial charge in [0.1, 0.15) is 0 Å². The number of amides is 1. The number of piperidine rings is 1. The first kappa shape index (κ1) is 16.9. The van der Waals surface area contributed by atoms with Gasteiger partial charge in [-0.1, -0.05) is 12.5 Å². The molecular weight excluding hydrogens is 306 g/mol. The second-order valence-corrected chi connectivity index (χ2v) is 8.13. The highest BCUT2D eigenvalue weighted by Gasteiger charge is 2.32. The smallest absolute Gasteiger partial charge is 0.223 e. The monoisotopic (exact) mass is 335 g/mol. The van der Waals surface area contributed by atoms with Crippen LogP contribution in [-0.4, -0.2) is 37.0 Å². The molecular formula is C18H29N3OS. The van der Waals surface area contributed by atoms with Crippen LogP contribution in [0.15, 0.2) is 17.5 Å². The fourth-order valence-corrected chi connectivity index (χ4v) is 4.87. The van der Waals surface area contributed by atoms with E-state index < -0.39 is 0 Å². The molecule has 2 heterocycles. The van der Waals surface area contributed by atoms with Gasteiger partial charge in [0.25, 0.3) is 0 Å². The number of carbonyl (C=O) groups excluding carboxylic acids is 1. The lowest BCUT2D eigenvalue weighted by molar-refractivity contribution is -0.126. The van der Waals surface area contributed by atoms with Gasteiger partial charge < -0.3 is 11.1 Å². The highest BCUT2D eigenvalue weighted by molar-refractivity contribution is 7.09. The molecule has 1 amide bonds. The van der Waals surface area contributed by atoms with E-state index in [0.717, 1.165) is 38.9 Å². The first-order chi connectivity index (χ1) is 11.3. The van der Waals surface area contributed by atoms with E-state index >= 15 is 0 Å². The zero-order valence-electron chi connectivity index (χ0n) is 13.9. The quantitative estimate of drug-likeness (QED) is 0.839. The molecule has 0 spiro atoms. The summed E-state index contributed by atoms with van der Waals surface area (Å²) in [7, 11) is 0. The minimum Gasteiger partial charge on any atom is -0.356 e. The van der Waals surface area contributed by atoms with Crippen LogP contribution in [0.1, 0.15) is 37.0 Å². The predicted molar refractivity (Wildman–Crippen MR) is 95.2 cm³/mol. The third kappa shape index (κ3) is 4.55. The molecule has 1 aromatic rings. The number of rotatable bonds is 6. The summed E-state index contributed by atoms with van der Waals surface area (Å²) < 4.78 is 0. The highest BCUT2D eigenvalue weighted by Crippen LogP contribution is 2.31. The number of likely N-dealkylation sites (tertiary alicyclic amines) is 1. The lowest BCUT2D eigenvalue weighted by Gasteiger charge is -2.32. The first-order valence-corrected chi connectivity index (χ1v) is 9.86. The van der Waals surface area contributed by atoms with Crippen LogP contribution in [-0.2, 0) is 11.3 Å². The molecule has 3 atom stereocenters. The Hall–Kier alpha value is -0.910. The van der Waals surface area contributed by atoms with E-state index in [1.165, 1.54) is 24.3 Å². The molecule has 5 heteroatoms. The molecule has 1 aliphatic heterocycles. The fraction of sp³-hybridized carbons (Fsp3) is 0.722. The van der Waals surface area contributed by atoms with Gasteiger partial charge in [0.05, 0.1) is 0 Å². The van der Waals surface area contributed by atoms with Crippen molar-refractivity contribution in [3.63, 3.8) is 0 Å².